The van der Waals surface area contributed by atoms with Crippen LogP contribution in [-0.2, 0) is 14.3 Å². The quantitative estimate of drug-likeness (QED) is 0.357. The number of nitrogens with one attached hydrogen (secondary N) is 2. The molecule has 1 aliphatic rings. The van der Waals surface area contributed by atoms with Crippen LogP contribution < -0.4 is 10.6 Å². The Balaban J connectivity index is 1.66. The Morgan fingerprint density at radius 2 is 2.13 bits per heavy atom. The number of ether oxygens (including phenoxy) is 1. The monoisotopic (exact) mass is 481 g/mol. The van der Waals surface area contributed by atoms with Crippen LogP contribution in [-0.4, -0.2) is 53.5 Å². The van der Waals surface area contributed by atoms with Crippen LogP contribution in [0, 0.1) is 0 Å². The number of amides is 2. The molecule has 0 aliphatic carbocycles. The van der Waals surface area contributed by atoms with E-state index >= 15 is 0 Å². The van der Waals surface area contributed by atoms with Gasteiger partial charge >= 0.3 is 5.97 Å². The lowest BCUT2D eigenvalue weighted by molar-refractivity contribution is -0.147. The molecule has 1 unspecified atom stereocenters. The molecule has 0 spiro atoms. The number of rotatable bonds is 7. The second kappa shape index (κ2) is 10.9. The van der Waals surface area contributed by atoms with Gasteiger partial charge in [-0.05, 0) is 24.7 Å². The largest absolute Gasteiger partial charge is 0.466 e. The number of unbranched alkanes of at least 4 members (excludes halogenated alkanes) is 2. The van der Waals surface area contributed by atoms with Crippen LogP contribution in [0.25, 0.3) is 10.1 Å². The molecule has 31 heavy (non-hydrogen) atoms. The van der Waals surface area contributed by atoms with Crippen molar-refractivity contribution in [3.8, 4) is 0 Å². The predicted octanol–water partition coefficient (Wildman–Crippen LogP) is 3.49. The minimum atomic E-state index is -0.835. The fourth-order valence-electron chi connectivity index (χ4n) is 3.30. The van der Waals surface area contributed by atoms with E-state index < -0.39 is 17.9 Å². The van der Waals surface area contributed by atoms with Crippen LogP contribution in [0.2, 0.25) is 5.02 Å². The summed E-state index contributed by atoms with van der Waals surface area (Å²) < 4.78 is 6.12. The van der Waals surface area contributed by atoms with Crippen molar-refractivity contribution in [2.75, 3.05) is 19.7 Å². The summed E-state index contributed by atoms with van der Waals surface area (Å²) in [6, 6.07) is 6.63. The van der Waals surface area contributed by atoms with Crippen molar-refractivity contribution in [3.05, 3.63) is 34.2 Å². The molecule has 1 aromatic carbocycles. The first-order valence-corrected chi connectivity index (χ1v) is 11.7. The van der Waals surface area contributed by atoms with E-state index in [1.54, 1.807) is 4.90 Å². The molecule has 2 aromatic rings. The molecule has 1 saturated heterocycles. The highest BCUT2D eigenvalue weighted by atomic mass is 35.5. The first-order valence-electron chi connectivity index (χ1n) is 10.1. The van der Waals surface area contributed by atoms with Gasteiger partial charge in [0.25, 0.3) is 5.91 Å². The van der Waals surface area contributed by atoms with Crippen LogP contribution in [0.15, 0.2) is 24.3 Å². The summed E-state index contributed by atoms with van der Waals surface area (Å²) in [5, 5.41) is 6.64. The minimum Gasteiger partial charge on any atom is -0.466 e. The standard InChI is InChI=1S/C21H24ClN3O4S2/c1-2-3-6-11-29-16(26)12-14-19(27)23-9-10-25(14)21(30)24-20(28)18-17(22)13-7-4-5-8-15(13)31-18/h4-5,7-8,14H,2-3,6,9-12H2,1H3,(H,23,27)(H,24,28,30). The van der Waals surface area contributed by atoms with E-state index in [1.165, 1.54) is 11.3 Å². The van der Waals surface area contributed by atoms with E-state index in [4.69, 9.17) is 28.6 Å². The van der Waals surface area contributed by atoms with Gasteiger partial charge in [-0.3, -0.25) is 19.7 Å². The third kappa shape index (κ3) is 5.72. The Kier molecular flexibility index (Phi) is 8.22. The van der Waals surface area contributed by atoms with Gasteiger partial charge in [0.1, 0.15) is 10.9 Å². The van der Waals surface area contributed by atoms with E-state index in [2.05, 4.69) is 17.6 Å². The van der Waals surface area contributed by atoms with Gasteiger partial charge in [0.05, 0.1) is 18.1 Å². The number of fused-ring (bicyclic) bond motifs is 1. The number of carbonyl (C=O) groups excluding carboxylic acids is 3. The van der Waals surface area contributed by atoms with Crippen molar-refractivity contribution < 1.29 is 19.1 Å². The number of benzene rings is 1. The second-order valence-electron chi connectivity index (χ2n) is 7.13. The number of nitrogens with zero attached hydrogens (tertiary/aromatic N) is 1. The molecule has 1 atom stereocenters. The van der Waals surface area contributed by atoms with Crippen molar-refractivity contribution in [2.24, 2.45) is 0 Å². The van der Waals surface area contributed by atoms with Crippen LogP contribution in [0.1, 0.15) is 42.3 Å². The fraction of sp³-hybridized carbons (Fsp3) is 0.429. The van der Waals surface area contributed by atoms with Crippen molar-refractivity contribution in [1.82, 2.24) is 15.5 Å². The minimum absolute atomic E-state index is 0.0807. The third-order valence-corrected chi connectivity index (χ3v) is 6.93. The van der Waals surface area contributed by atoms with Gasteiger partial charge in [-0.15, -0.1) is 11.3 Å². The number of piperazine rings is 1. The van der Waals surface area contributed by atoms with E-state index in [-0.39, 0.29) is 17.4 Å². The SMILES string of the molecule is CCCCCOC(=O)CC1C(=O)NCCN1C(=S)NC(=O)c1sc2ccccc2c1Cl. The number of hydrogen-bond donors (Lipinski definition) is 2. The molecule has 1 aromatic heterocycles. The van der Waals surface area contributed by atoms with Crippen molar-refractivity contribution in [1.29, 1.82) is 0 Å². The highest BCUT2D eigenvalue weighted by molar-refractivity contribution is 7.80. The van der Waals surface area contributed by atoms with Gasteiger partial charge in [-0.25, -0.2) is 0 Å². The predicted molar refractivity (Wildman–Crippen MR) is 126 cm³/mol. The lowest BCUT2D eigenvalue weighted by Gasteiger charge is -2.36. The summed E-state index contributed by atoms with van der Waals surface area (Å²) in [5.41, 5.74) is 0. The van der Waals surface area contributed by atoms with Crippen LogP contribution >= 0.6 is 35.2 Å². The fourth-order valence-corrected chi connectivity index (χ4v) is 5.02. The number of esters is 1. The molecule has 0 saturated carbocycles. The van der Waals surface area contributed by atoms with Gasteiger partial charge < -0.3 is 15.0 Å². The summed E-state index contributed by atoms with van der Waals surface area (Å²) in [7, 11) is 0. The molecule has 10 heteroatoms. The number of carbonyl (C=O) groups is 3. The topological polar surface area (TPSA) is 87.7 Å². The number of thiophene rings is 1. The molecule has 0 bridgehead atoms. The summed E-state index contributed by atoms with van der Waals surface area (Å²) in [5.74, 6) is -1.24. The zero-order valence-electron chi connectivity index (χ0n) is 17.1. The summed E-state index contributed by atoms with van der Waals surface area (Å²) in [4.78, 5) is 39.3. The molecule has 0 radical (unpaired) electrons. The molecule has 2 amide bonds. The average Bonchev–Trinajstić information content (AvgIpc) is 3.09. The summed E-state index contributed by atoms with van der Waals surface area (Å²) in [6.07, 6.45) is 2.64. The Morgan fingerprint density at radius 3 is 2.87 bits per heavy atom. The van der Waals surface area contributed by atoms with Crippen LogP contribution in [0.5, 0.6) is 0 Å². The van der Waals surface area contributed by atoms with Gasteiger partial charge in [0, 0.05) is 23.2 Å². The average molecular weight is 482 g/mol. The summed E-state index contributed by atoms with van der Waals surface area (Å²) >= 11 is 13.1. The maximum atomic E-state index is 12.8. The highest BCUT2D eigenvalue weighted by Crippen LogP contribution is 2.35. The van der Waals surface area contributed by atoms with E-state index in [9.17, 15) is 14.4 Å². The first kappa shape index (κ1) is 23.4. The maximum absolute atomic E-state index is 12.8. The number of halogens is 1. The van der Waals surface area contributed by atoms with Crippen LogP contribution in [0.4, 0.5) is 0 Å². The normalized spacial score (nSPS) is 16.1. The smallest absolute Gasteiger partial charge is 0.308 e. The summed E-state index contributed by atoms with van der Waals surface area (Å²) in [6.45, 7) is 3.12. The van der Waals surface area contributed by atoms with E-state index in [0.29, 0.717) is 29.6 Å². The Labute approximate surface area is 195 Å². The van der Waals surface area contributed by atoms with Crippen molar-refractivity contribution in [2.45, 2.75) is 38.6 Å². The lowest BCUT2D eigenvalue weighted by Crippen LogP contribution is -2.60. The van der Waals surface area contributed by atoms with Gasteiger partial charge in [-0.2, -0.15) is 0 Å². The number of hydrogen-bond acceptors (Lipinski definition) is 6. The second-order valence-corrected chi connectivity index (χ2v) is 8.95. The van der Waals surface area contributed by atoms with Crippen molar-refractivity contribution >= 4 is 68.1 Å². The Morgan fingerprint density at radius 1 is 1.35 bits per heavy atom. The lowest BCUT2D eigenvalue weighted by atomic mass is 10.1. The van der Waals surface area contributed by atoms with Crippen LogP contribution in [0.3, 0.4) is 0 Å². The Bertz CT molecular complexity index is 994. The molecule has 1 fully saturated rings. The van der Waals surface area contributed by atoms with E-state index in [0.717, 1.165) is 29.3 Å². The van der Waals surface area contributed by atoms with Gasteiger partial charge in [-0.1, -0.05) is 49.6 Å². The highest BCUT2D eigenvalue weighted by Gasteiger charge is 2.34. The van der Waals surface area contributed by atoms with Crippen molar-refractivity contribution in [3.63, 3.8) is 0 Å². The van der Waals surface area contributed by atoms with E-state index in [1.807, 2.05) is 24.3 Å². The molecule has 2 heterocycles. The maximum Gasteiger partial charge on any atom is 0.308 e. The first-order chi connectivity index (χ1) is 14.9. The molecule has 3 rings (SSSR count). The molecule has 2 N–H and O–H groups in total. The van der Waals surface area contributed by atoms with Gasteiger partial charge in [0.15, 0.2) is 5.11 Å². The Hall–Kier alpha value is -2.23. The molecule has 7 nitrogen and oxygen atoms in total. The molecule has 1 aliphatic heterocycles. The van der Waals surface area contributed by atoms with Gasteiger partial charge in [0.2, 0.25) is 5.91 Å². The third-order valence-electron chi connectivity index (χ3n) is 4.92. The molecular formula is C21H24ClN3O4S2. The zero-order chi connectivity index (χ0) is 22.4. The molecular weight excluding hydrogens is 458 g/mol. The zero-order valence-corrected chi connectivity index (χ0v) is 19.5. The molecule has 166 valence electrons. The number of thiocarbonyl (C=S) groups is 1.